The second kappa shape index (κ2) is 3.84. The molecule has 64 valence electrons. The van der Waals surface area contributed by atoms with E-state index in [1.807, 2.05) is 22.6 Å². The van der Waals surface area contributed by atoms with Crippen LogP contribution in [0, 0.1) is 9.39 Å². The molecule has 0 saturated carbocycles. The Labute approximate surface area is 82.9 Å². The third kappa shape index (κ3) is 1.94. The van der Waals surface area contributed by atoms with Crippen LogP contribution in [0.3, 0.4) is 0 Å². The number of methoxy groups -OCH3 is 1. The van der Waals surface area contributed by atoms with E-state index in [9.17, 15) is 9.18 Å². The lowest BCUT2D eigenvalue weighted by molar-refractivity contribution is 0.0600. The van der Waals surface area contributed by atoms with Gasteiger partial charge in [-0.1, -0.05) is 0 Å². The number of halogens is 2. The minimum absolute atomic E-state index is 0.232. The topological polar surface area (TPSA) is 26.3 Å². The van der Waals surface area contributed by atoms with Crippen LogP contribution >= 0.6 is 22.6 Å². The van der Waals surface area contributed by atoms with E-state index in [-0.39, 0.29) is 5.56 Å². The van der Waals surface area contributed by atoms with Gasteiger partial charge in [0.05, 0.1) is 12.7 Å². The fraction of sp³-hybridized carbons (Fsp3) is 0.125. The van der Waals surface area contributed by atoms with Crippen LogP contribution in [0.25, 0.3) is 0 Å². The molecule has 0 atom stereocenters. The Morgan fingerprint density at radius 2 is 2.25 bits per heavy atom. The van der Waals surface area contributed by atoms with Crippen LogP contribution in [0.1, 0.15) is 10.4 Å². The number of carbonyl (C=O) groups excluding carboxylic acids is 1. The standard InChI is InChI=1S/C8H6FIO2/c1-12-8(11)5-2-3-7(10)6(9)4-5/h2-4H,1H3. The average Bonchev–Trinajstić information content (AvgIpc) is 2.08. The van der Waals surface area contributed by atoms with Gasteiger partial charge in [0.15, 0.2) is 0 Å². The van der Waals surface area contributed by atoms with Crippen LogP contribution in [0.5, 0.6) is 0 Å². The van der Waals surface area contributed by atoms with Gasteiger partial charge in [-0.15, -0.1) is 0 Å². The number of rotatable bonds is 1. The lowest BCUT2D eigenvalue weighted by Gasteiger charge is -1.99. The van der Waals surface area contributed by atoms with Crippen molar-refractivity contribution in [3.63, 3.8) is 0 Å². The summed E-state index contributed by atoms with van der Waals surface area (Å²) in [5.74, 6) is -0.927. The monoisotopic (exact) mass is 280 g/mol. The average molecular weight is 280 g/mol. The van der Waals surface area contributed by atoms with Crippen molar-refractivity contribution in [2.45, 2.75) is 0 Å². The Morgan fingerprint density at radius 1 is 1.58 bits per heavy atom. The summed E-state index contributed by atoms with van der Waals surface area (Å²) >= 11 is 1.85. The first-order valence-corrected chi connectivity index (χ1v) is 4.26. The van der Waals surface area contributed by atoms with Crippen LogP contribution in [0.2, 0.25) is 0 Å². The third-order valence-electron chi connectivity index (χ3n) is 1.34. The summed E-state index contributed by atoms with van der Waals surface area (Å²) in [5.41, 5.74) is 0.232. The van der Waals surface area contributed by atoms with Crippen molar-refractivity contribution >= 4 is 28.6 Å². The SMILES string of the molecule is COC(=O)c1ccc(I)c(F)c1. The lowest BCUT2D eigenvalue weighted by Crippen LogP contribution is -2.01. The van der Waals surface area contributed by atoms with E-state index in [0.717, 1.165) is 6.07 Å². The van der Waals surface area contributed by atoms with Gasteiger partial charge in [0, 0.05) is 3.57 Å². The second-order valence-corrected chi connectivity index (χ2v) is 3.28. The van der Waals surface area contributed by atoms with E-state index in [4.69, 9.17) is 0 Å². The minimum Gasteiger partial charge on any atom is -0.465 e. The molecule has 0 aliphatic carbocycles. The van der Waals surface area contributed by atoms with Crippen LogP contribution in [-0.4, -0.2) is 13.1 Å². The highest BCUT2D eigenvalue weighted by Crippen LogP contribution is 2.12. The molecule has 0 saturated heterocycles. The summed E-state index contributed by atoms with van der Waals surface area (Å²) in [6.45, 7) is 0. The van der Waals surface area contributed by atoms with Gasteiger partial charge in [0.1, 0.15) is 5.82 Å². The molecule has 0 radical (unpaired) electrons. The Kier molecular flexibility index (Phi) is 3.02. The quantitative estimate of drug-likeness (QED) is 0.582. The second-order valence-electron chi connectivity index (χ2n) is 2.12. The highest BCUT2D eigenvalue weighted by Gasteiger charge is 2.07. The molecule has 0 amide bonds. The maximum atomic E-state index is 12.9. The van der Waals surface area contributed by atoms with Crippen LogP contribution in [0.4, 0.5) is 4.39 Å². The van der Waals surface area contributed by atoms with E-state index in [1.54, 1.807) is 0 Å². The summed E-state index contributed by atoms with van der Waals surface area (Å²) in [4.78, 5) is 10.9. The first kappa shape index (κ1) is 9.44. The fourth-order valence-corrected chi connectivity index (χ4v) is 1.08. The van der Waals surface area contributed by atoms with Crippen LogP contribution in [0.15, 0.2) is 18.2 Å². The first-order valence-electron chi connectivity index (χ1n) is 3.18. The molecule has 0 fully saturated rings. The smallest absolute Gasteiger partial charge is 0.337 e. The molecule has 12 heavy (non-hydrogen) atoms. The molecule has 0 bridgehead atoms. The molecule has 0 N–H and O–H groups in total. The summed E-state index contributed by atoms with van der Waals surface area (Å²) in [6, 6.07) is 4.21. The predicted octanol–water partition coefficient (Wildman–Crippen LogP) is 2.22. The van der Waals surface area contributed by atoms with Crippen molar-refractivity contribution in [3.8, 4) is 0 Å². The molecule has 0 aliphatic heterocycles. The van der Waals surface area contributed by atoms with E-state index >= 15 is 0 Å². The predicted molar refractivity (Wildman–Crippen MR) is 50.5 cm³/mol. The summed E-state index contributed by atoms with van der Waals surface area (Å²) in [7, 11) is 1.26. The molecule has 0 aliphatic rings. The molecule has 0 heterocycles. The van der Waals surface area contributed by atoms with Gasteiger partial charge in [-0.25, -0.2) is 9.18 Å². The number of esters is 1. The molecular weight excluding hydrogens is 274 g/mol. The van der Waals surface area contributed by atoms with Crippen molar-refractivity contribution in [1.29, 1.82) is 0 Å². The Bertz CT molecular complexity index is 312. The minimum atomic E-state index is -0.523. The molecule has 0 unspecified atom stereocenters. The Balaban J connectivity index is 3.05. The maximum absolute atomic E-state index is 12.9. The van der Waals surface area contributed by atoms with E-state index in [1.165, 1.54) is 19.2 Å². The molecule has 1 rings (SSSR count). The maximum Gasteiger partial charge on any atom is 0.337 e. The highest BCUT2D eigenvalue weighted by molar-refractivity contribution is 14.1. The normalized spacial score (nSPS) is 9.58. The number of ether oxygens (including phenoxy) is 1. The van der Waals surface area contributed by atoms with Crippen LogP contribution in [-0.2, 0) is 4.74 Å². The zero-order valence-electron chi connectivity index (χ0n) is 6.30. The van der Waals surface area contributed by atoms with Crippen LogP contribution < -0.4 is 0 Å². The molecular formula is C8H6FIO2. The van der Waals surface area contributed by atoms with Crippen molar-refractivity contribution < 1.29 is 13.9 Å². The summed E-state index contributed by atoms with van der Waals surface area (Å²) in [5, 5.41) is 0. The molecule has 0 aromatic heterocycles. The third-order valence-corrected chi connectivity index (χ3v) is 2.22. The molecule has 2 nitrogen and oxygen atoms in total. The summed E-state index contributed by atoms with van der Waals surface area (Å²) < 4.78 is 17.8. The number of benzene rings is 1. The number of carbonyl (C=O) groups is 1. The largest absolute Gasteiger partial charge is 0.465 e. The summed E-state index contributed by atoms with van der Waals surface area (Å²) in [6.07, 6.45) is 0. The highest BCUT2D eigenvalue weighted by atomic mass is 127. The Morgan fingerprint density at radius 3 is 2.75 bits per heavy atom. The molecule has 4 heteroatoms. The van der Waals surface area contributed by atoms with Gasteiger partial charge in [-0.05, 0) is 40.8 Å². The Hall–Kier alpha value is -0.650. The van der Waals surface area contributed by atoms with Crippen molar-refractivity contribution in [2.75, 3.05) is 7.11 Å². The van der Waals surface area contributed by atoms with E-state index < -0.39 is 11.8 Å². The van der Waals surface area contributed by atoms with Crippen molar-refractivity contribution in [2.24, 2.45) is 0 Å². The number of hydrogen-bond donors (Lipinski definition) is 0. The fourth-order valence-electron chi connectivity index (χ4n) is 0.741. The number of hydrogen-bond acceptors (Lipinski definition) is 2. The zero-order chi connectivity index (χ0) is 9.14. The van der Waals surface area contributed by atoms with Gasteiger partial charge < -0.3 is 4.74 Å². The van der Waals surface area contributed by atoms with E-state index in [0.29, 0.717) is 3.57 Å². The molecule has 1 aromatic carbocycles. The van der Waals surface area contributed by atoms with E-state index in [2.05, 4.69) is 4.74 Å². The van der Waals surface area contributed by atoms with Crippen molar-refractivity contribution in [3.05, 3.63) is 33.1 Å². The molecule has 0 spiro atoms. The van der Waals surface area contributed by atoms with Gasteiger partial charge in [-0.3, -0.25) is 0 Å². The van der Waals surface area contributed by atoms with Gasteiger partial charge in [0.2, 0.25) is 0 Å². The van der Waals surface area contributed by atoms with Gasteiger partial charge in [0.25, 0.3) is 0 Å². The van der Waals surface area contributed by atoms with Crippen molar-refractivity contribution in [1.82, 2.24) is 0 Å². The van der Waals surface area contributed by atoms with Gasteiger partial charge in [-0.2, -0.15) is 0 Å². The zero-order valence-corrected chi connectivity index (χ0v) is 8.46. The molecule has 1 aromatic rings. The first-order chi connectivity index (χ1) is 5.65. The van der Waals surface area contributed by atoms with Gasteiger partial charge >= 0.3 is 5.97 Å². The lowest BCUT2D eigenvalue weighted by atomic mass is 10.2.